The number of benzene rings is 2. The van der Waals surface area contributed by atoms with Crippen LogP contribution in [-0.2, 0) is 23.4 Å². The fraction of sp³-hybridized carbons (Fsp3) is 0.417. The second-order valence-electron chi connectivity index (χ2n) is 8.68. The Morgan fingerprint density at radius 3 is 2.08 bits per heavy atom. The van der Waals surface area contributed by atoms with Crippen LogP contribution in [0.1, 0.15) is 19.8 Å². The van der Waals surface area contributed by atoms with Crippen molar-refractivity contribution in [2.45, 2.75) is 50.1 Å². The number of carboxylic acids is 1. The number of carboxylic acid groups (broad SMARTS) is 1. The number of ether oxygens (including phenoxy) is 1. The molecular formula is C24H30NO12P. The molecule has 13 nitrogen and oxygen atoms in total. The SMILES string of the molecule is CC(=O)N[C@@H](O)[C@@H]1[C@H](C[C@H](O)COP(=O)(Oc2ccccc2)Oc2ccccc2)O[C@](O)(C(=O)O)C[C@@H]1O. The van der Waals surface area contributed by atoms with Crippen molar-refractivity contribution in [1.82, 2.24) is 5.32 Å². The van der Waals surface area contributed by atoms with Crippen LogP contribution in [0.4, 0.5) is 0 Å². The van der Waals surface area contributed by atoms with E-state index in [0.29, 0.717) is 0 Å². The molecular weight excluding hydrogens is 525 g/mol. The average Bonchev–Trinajstić information content (AvgIpc) is 2.83. The van der Waals surface area contributed by atoms with E-state index in [4.69, 9.17) is 18.3 Å². The molecule has 6 N–H and O–H groups in total. The highest BCUT2D eigenvalue weighted by atomic mass is 31.2. The third-order valence-electron chi connectivity index (χ3n) is 5.61. The molecule has 0 aliphatic carbocycles. The minimum absolute atomic E-state index is 0.157. The normalized spacial score (nSPS) is 25.1. The Morgan fingerprint density at radius 1 is 1.08 bits per heavy atom. The van der Waals surface area contributed by atoms with Crippen LogP contribution in [0.15, 0.2) is 60.7 Å². The number of phosphoric acid groups is 1. The van der Waals surface area contributed by atoms with Gasteiger partial charge in [-0.25, -0.2) is 9.36 Å². The van der Waals surface area contributed by atoms with Crippen molar-refractivity contribution in [3.05, 3.63) is 60.7 Å². The van der Waals surface area contributed by atoms with Gasteiger partial charge in [-0.3, -0.25) is 9.32 Å². The summed E-state index contributed by atoms with van der Waals surface area (Å²) in [4.78, 5) is 23.0. The summed E-state index contributed by atoms with van der Waals surface area (Å²) < 4.78 is 35.0. The number of carbonyl (C=O) groups is 2. The minimum atomic E-state index is -4.38. The number of aliphatic carboxylic acids is 1. The maximum Gasteiger partial charge on any atom is 0.587 e. The lowest BCUT2D eigenvalue weighted by molar-refractivity contribution is -0.297. The first-order valence-electron chi connectivity index (χ1n) is 11.6. The standard InChI is InChI=1S/C24H30NO12P/c1-15(26)25-22(29)21-19(28)13-24(32,23(30)31)35-20(21)12-16(27)14-34-38(33,36-17-8-4-2-5-9-17)37-18-10-6-3-7-11-18/h2-11,16,19-22,27-29,32H,12-14H2,1H3,(H,25,26)(H,30,31)/t16-,19-,20-,21-,22-,24-/m0/s1. The number of phosphoric ester groups is 1. The Labute approximate surface area is 218 Å². The smallest absolute Gasteiger partial charge is 0.477 e. The summed E-state index contributed by atoms with van der Waals surface area (Å²) in [6.45, 7) is 0.433. The van der Waals surface area contributed by atoms with Crippen molar-refractivity contribution in [2.75, 3.05) is 6.61 Å². The third-order valence-corrected chi connectivity index (χ3v) is 6.94. The Hall–Kier alpha value is -3.03. The molecule has 0 radical (unpaired) electrons. The van der Waals surface area contributed by atoms with Crippen molar-refractivity contribution in [3.63, 3.8) is 0 Å². The first-order valence-corrected chi connectivity index (χ1v) is 13.1. The van der Waals surface area contributed by atoms with Crippen LogP contribution in [0.3, 0.4) is 0 Å². The van der Waals surface area contributed by atoms with E-state index in [1.165, 1.54) is 24.3 Å². The molecule has 1 aliphatic rings. The van der Waals surface area contributed by atoms with Crippen LogP contribution >= 0.6 is 7.82 Å². The molecule has 1 aliphatic heterocycles. The molecule has 0 bridgehead atoms. The Balaban J connectivity index is 1.76. The summed E-state index contributed by atoms with van der Waals surface area (Å²) in [5.41, 5.74) is 0. The number of para-hydroxylation sites is 2. The number of aliphatic hydroxyl groups excluding tert-OH is 3. The van der Waals surface area contributed by atoms with E-state index >= 15 is 0 Å². The predicted octanol–water partition coefficient (Wildman–Crippen LogP) is 1.01. The zero-order chi connectivity index (χ0) is 27.9. The van der Waals surface area contributed by atoms with E-state index in [-0.39, 0.29) is 11.5 Å². The van der Waals surface area contributed by atoms with Gasteiger partial charge in [-0.05, 0) is 24.3 Å². The van der Waals surface area contributed by atoms with Crippen LogP contribution in [0.5, 0.6) is 11.5 Å². The van der Waals surface area contributed by atoms with Gasteiger partial charge in [-0.15, -0.1) is 0 Å². The fourth-order valence-corrected chi connectivity index (χ4v) is 5.17. The van der Waals surface area contributed by atoms with Crippen molar-refractivity contribution in [3.8, 4) is 11.5 Å². The van der Waals surface area contributed by atoms with Crippen LogP contribution in [-0.4, -0.2) is 74.3 Å². The van der Waals surface area contributed by atoms with Crippen LogP contribution < -0.4 is 14.4 Å². The number of nitrogens with one attached hydrogen (secondary N) is 1. The summed E-state index contributed by atoms with van der Waals surface area (Å²) in [5.74, 6) is -6.28. The number of amides is 1. The topological polar surface area (TPSA) is 201 Å². The van der Waals surface area contributed by atoms with Gasteiger partial charge in [0.05, 0.1) is 30.8 Å². The molecule has 208 valence electrons. The van der Waals surface area contributed by atoms with Gasteiger partial charge in [0.1, 0.15) is 17.7 Å². The van der Waals surface area contributed by atoms with E-state index in [1.54, 1.807) is 36.4 Å². The molecule has 1 amide bonds. The monoisotopic (exact) mass is 555 g/mol. The lowest BCUT2D eigenvalue weighted by atomic mass is 9.83. The third kappa shape index (κ3) is 7.98. The van der Waals surface area contributed by atoms with Crippen molar-refractivity contribution in [1.29, 1.82) is 0 Å². The molecule has 2 aromatic carbocycles. The summed E-state index contributed by atoms with van der Waals surface area (Å²) in [7, 11) is -4.38. The Kier molecular flexibility index (Phi) is 9.85. The van der Waals surface area contributed by atoms with E-state index < -0.39 is 75.4 Å². The molecule has 1 heterocycles. The molecule has 2 aromatic rings. The van der Waals surface area contributed by atoms with Gasteiger partial charge in [0.15, 0.2) is 0 Å². The molecule has 38 heavy (non-hydrogen) atoms. The molecule has 14 heteroatoms. The first-order chi connectivity index (χ1) is 17.9. The molecule has 3 rings (SSSR count). The van der Waals surface area contributed by atoms with Crippen LogP contribution in [0.2, 0.25) is 0 Å². The van der Waals surface area contributed by atoms with Crippen molar-refractivity contribution in [2.24, 2.45) is 5.92 Å². The first kappa shape index (κ1) is 29.5. The zero-order valence-electron chi connectivity index (χ0n) is 20.3. The molecule has 1 fully saturated rings. The molecule has 6 atom stereocenters. The van der Waals surface area contributed by atoms with Gasteiger partial charge in [-0.2, -0.15) is 0 Å². The number of rotatable bonds is 12. The molecule has 1 saturated heterocycles. The maximum absolute atomic E-state index is 13.4. The summed E-state index contributed by atoms with van der Waals surface area (Å²) in [5, 5.41) is 53.4. The maximum atomic E-state index is 13.4. The van der Waals surface area contributed by atoms with Gasteiger partial charge in [0.2, 0.25) is 5.91 Å². The number of aliphatic hydroxyl groups is 4. The van der Waals surface area contributed by atoms with Gasteiger partial charge < -0.3 is 44.6 Å². The number of hydrogen-bond donors (Lipinski definition) is 6. The number of carbonyl (C=O) groups excluding carboxylic acids is 1. The summed E-state index contributed by atoms with van der Waals surface area (Å²) in [6, 6.07) is 16.0. The second-order valence-corrected chi connectivity index (χ2v) is 10.2. The Morgan fingerprint density at radius 2 is 1.61 bits per heavy atom. The highest BCUT2D eigenvalue weighted by Crippen LogP contribution is 2.49. The average molecular weight is 555 g/mol. The van der Waals surface area contributed by atoms with E-state index in [0.717, 1.165) is 6.92 Å². The lowest BCUT2D eigenvalue weighted by Gasteiger charge is -2.44. The highest BCUT2D eigenvalue weighted by molar-refractivity contribution is 7.49. The molecule has 0 aromatic heterocycles. The van der Waals surface area contributed by atoms with Gasteiger partial charge in [-0.1, -0.05) is 36.4 Å². The lowest BCUT2D eigenvalue weighted by Crippen LogP contribution is -2.61. The second kappa shape index (κ2) is 12.7. The van der Waals surface area contributed by atoms with Gasteiger partial charge in [0, 0.05) is 19.8 Å². The predicted molar refractivity (Wildman–Crippen MR) is 130 cm³/mol. The zero-order valence-corrected chi connectivity index (χ0v) is 21.2. The van der Waals surface area contributed by atoms with Crippen LogP contribution in [0, 0.1) is 5.92 Å². The van der Waals surface area contributed by atoms with E-state index in [9.17, 15) is 39.7 Å². The van der Waals surface area contributed by atoms with E-state index in [2.05, 4.69) is 5.32 Å². The summed E-state index contributed by atoms with van der Waals surface area (Å²) >= 11 is 0. The largest absolute Gasteiger partial charge is 0.587 e. The quantitative estimate of drug-likeness (QED) is 0.161. The summed E-state index contributed by atoms with van der Waals surface area (Å²) in [6.07, 6.45) is -7.68. The van der Waals surface area contributed by atoms with E-state index in [1.807, 2.05) is 0 Å². The van der Waals surface area contributed by atoms with Crippen molar-refractivity contribution < 1.29 is 58.0 Å². The minimum Gasteiger partial charge on any atom is -0.477 e. The van der Waals surface area contributed by atoms with Gasteiger partial charge >= 0.3 is 13.8 Å². The Bertz CT molecular complexity index is 1070. The molecule has 0 spiro atoms. The van der Waals surface area contributed by atoms with Crippen molar-refractivity contribution >= 4 is 19.7 Å². The fourth-order valence-electron chi connectivity index (χ4n) is 3.91. The highest BCUT2D eigenvalue weighted by Gasteiger charge is 2.53. The van der Waals surface area contributed by atoms with Crippen LogP contribution in [0.25, 0.3) is 0 Å². The molecule has 0 unspecified atom stereocenters. The number of hydrogen-bond acceptors (Lipinski definition) is 11. The molecule has 0 saturated carbocycles. The van der Waals surface area contributed by atoms with Gasteiger partial charge in [0.25, 0.3) is 5.79 Å².